The third-order valence-corrected chi connectivity index (χ3v) is 4.51. The number of rotatable bonds is 3. The van der Waals surface area contributed by atoms with E-state index in [1.165, 1.54) is 5.69 Å². The summed E-state index contributed by atoms with van der Waals surface area (Å²) in [7, 11) is 0. The van der Waals surface area contributed by atoms with Crippen LogP contribution in [0.25, 0.3) is 0 Å². The summed E-state index contributed by atoms with van der Waals surface area (Å²) in [6, 6.07) is 8.75. The van der Waals surface area contributed by atoms with Gasteiger partial charge in [-0.3, -0.25) is 4.90 Å². The summed E-state index contributed by atoms with van der Waals surface area (Å²) in [4.78, 5) is 4.93. The Morgan fingerprint density at radius 1 is 1.29 bits per heavy atom. The second kappa shape index (κ2) is 6.07. The van der Waals surface area contributed by atoms with E-state index >= 15 is 0 Å². The summed E-state index contributed by atoms with van der Waals surface area (Å²) in [5.41, 5.74) is 1.24. The molecule has 1 heterocycles. The molecule has 4 heteroatoms. The number of benzene rings is 1. The van der Waals surface area contributed by atoms with Crippen molar-refractivity contribution in [2.24, 2.45) is 0 Å². The lowest BCUT2D eigenvalue weighted by molar-refractivity contribution is 0.213. The summed E-state index contributed by atoms with van der Waals surface area (Å²) >= 11 is 9.57. The Labute approximate surface area is 117 Å². The molecule has 0 N–H and O–H groups in total. The van der Waals surface area contributed by atoms with Crippen LogP contribution in [0.2, 0.25) is 5.02 Å². The first-order valence-electron chi connectivity index (χ1n) is 6.01. The van der Waals surface area contributed by atoms with Gasteiger partial charge >= 0.3 is 0 Å². The molecule has 1 saturated heterocycles. The van der Waals surface area contributed by atoms with Crippen LogP contribution in [0, 0.1) is 0 Å². The van der Waals surface area contributed by atoms with E-state index in [9.17, 15) is 0 Å². The van der Waals surface area contributed by atoms with Crippen LogP contribution in [-0.4, -0.2) is 42.5 Å². The Bertz CT molecular complexity index is 364. The fourth-order valence-electron chi connectivity index (χ4n) is 2.19. The van der Waals surface area contributed by atoms with E-state index in [2.05, 4.69) is 38.7 Å². The predicted octanol–water partition coefficient (Wildman–Crippen LogP) is 3.25. The van der Waals surface area contributed by atoms with Crippen LogP contribution in [0.5, 0.6) is 0 Å². The largest absolute Gasteiger partial charge is 0.369 e. The Morgan fingerprint density at radius 2 is 2.00 bits per heavy atom. The molecule has 0 aromatic heterocycles. The van der Waals surface area contributed by atoms with Crippen molar-refractivity contribution in [2.75, 3.05) is 36.4 Å². The highest BCUT2D eigenvalue weighted by molar-refractivity contribution is 9.09. The SMILES string of the molecule is CC(CBr)N1CCN(c2cccc(Cl)c2)CC1. The summed E-state index contributed by atoms with van der Waals surface area (Å²) in [6.07, 6.45) is 0. The van der Waals surface area contributed by atoms with Crippen LogP contribution in [0.4, 0.5) is 5.69 Å². The molecule has 0 aliphatic carbocycles. The third-order valence-electron chi connectivity index (χ3n) is 3.33. The molecule has 17 heavy (non-hydrogen) atoms. The first kappa shape index (κ1) is 13.2. The molecule has 0 saturated carbocycles. The molecular formula is C13H18BrClN2. The zero-order valence-corrected chi connectivity index (χ0v) is 12.4. The fourth-order valence-corrected chi connectivity index (χ4v) is 2.79. The maximum Gasteiger partial charge on any atom is 0.0426 e. The molecule has 1 aliphatic heterocycles. The lowest BCUT2D eigenvalue weighted by Gasteiger charge is -2.38. The van der Waals surface area contributed by atoms with Crippen molar-refractivity contribution in [3.05, 3.63) is 29.3 Å². The standard InChI is InChI=1S/C13H18BrClN2/c1-11(10-14)16-5-7-17(8-6-16)13-4-2-3-12(15)9-13/h2-4,9,11H,5-8,10H2,1H3. The van der Waals surface area contributed by atoms with E-state index in [1.54, 1.807) is 0 Å². The molecule has 0 radical (unpaired) electrons. The van der Waals surface area contributed by atoms with Gasteiger partial charge in [0.05, 0.1) is 0 Å². The summed E-state index contributed by atoms with van der Waals surface area (Å²) < 4.78 is 0. The maximum absolute atomic E-state index is 6.02. The Balaban J connectivity index is 1.95. The van der Waals surface area contributed by atoms with E-state index in [4.69, 9.17) is 11.6 Å². The molecule has 94 valence electrons. The van der Waals surface area contributed by atoms with Crippen molar-refractivity contribution in [1.82, 2.24) is 4.90 Å². The second-order valence-corrected chi connectivity index (χ2v) is 5.59. The highest BCUT2D eigenvalue weighted by atomic mass is 79.9. The van der Waals surface area contributed by atoms with Crippen molar-refractivity contribution in [1.29, 1.82) is 0 Å². The van der Waals surface area contributed by atoms with Gasteiger partial charge in [0, 0.05) is 48.3 Å². The normalized spacial score (nSPS) is 19.4. The van der Waals surface area contributed by atoms with Crippen LogP contribution in [0.1, 0.15) is 6.92 Å². The van der Waals surface area contributed by atoms with Crippen LogP contribution < -0.4 is 4.90 Å². The zero-order chi connectivity index (χ0) is 12.3. The van der Waals surface area contributed by atoms with Crippen molar-refractivity contribution in [2.45, 2.75) is 13.0 Å². The number of hydrogen-bond acceptors (Lipinski definition) is 2. The van der Waals surface area contributed by atoms with Gasteiger partial charge in [-0.1, -0.05) is 33.6 Å². The van der Waals surface area contributed by atoms with Crippen LogP contribution in [0.3, 0.4) is 0 Å². The number of hydrogen-bond donors (Lipinski definition) is 0. The molecule has 1 aromatic rings. The third kappa shape index (κ3) is 3.36. The highest BCUT2D eigenvalue weighted by Gasteiger charge is 2.20. The molecule has 0 bridgehead atoms. The average molecular weight is 318 g/mol. The number of piperazine rings is 1. The minimum Gasteiger partial charge on any atom is -0.369 e. The van der Waals surface area contributed by atoms with E-state index in [1.807, 2.05) is 18.2 Å². The number of alkyl halides is 1. The molecule has 1 aromatic carbocycles. The molecule has 1 aliphatic rings. The maximum atomic E-state index is 6.02. The number of anilines is 1. The molecule has 0 amide bonds. The minimum atomic E-state index is 0.622. The van der Waals surface area contributed by atoms with Crippen LogP contribution >= 0.6 is 27.5 Å². The topological polar surface area (TPSA) is 6.48 Å². The highest BCUT2D eigenvalue weighted by Crippen LogP contribution is 2.21. The lowest BCUT2D eigenvalue weighted by atomic mass is 10.2. The van der Waals surface area contributed by atoms with Gasteiger partial charge in [-0.25, -0.2) is 0 Å². The monoisotopic (exact) mass is 316 g/mol. The van der Waals surface area contributed by atoms with Gasteiger partial charge in [0.1, 0.15) is 0 Å². The van der Waals surface area contributed by atoms with Crippen molar-refractivity contribution in [3.8, 4) is 0 Å². The zero-order valence-electron chi connectivity index (χ0n) is 10.1. The van der Waals surface area contributed by atoms with Gasteiger partial charge in [-0.15, -0.1) is 0 Å². The fraction of sp³-hybridized carbons (Fsp3) is 0.538. The van der Waals surface area contributed by atoms with E-state index in [-0.39, 0.29) is 0 Å². The van der Waals surface area contributed by atoms with Gasteiger partial charge in [0.25, 0.3) is 0 Å². The van der Waals surface area contributed by atoms with Gasteiger partial charge in [-0.2, -0.15) is 0 Å². The van der Waals surface area contributed by atoms with Crippen LogP contribution in [-0.2, 0) is 0 Å². The summed E-state index contributed by atoms with van der Waals surface area (Å²) in [6.45, 7) is 6.68. The minimum absolute atomic E-state index is 0.622. The lowest BCUT2D eigenvalue weighted by Crippen LogP contribution is -2.50. The van der Waals surface area contributed by atoms with Gasteiger partial charge in [-0.05, 0) is 25.1 Å². The Hall–Kier alpha value is -0.250. The Kier molecular flexibility index (Phi) is 4.71. The van der Waals surface area contributed by atoms with E-state index in [0.717, 1.165) is 36.5 Å². The molecule has 2 nitrogen and oxygen atoms in total. The van der Waals surface area contributed by atoms with E-state index < -0.39 is 0 Å². The quantitative estimate of drug-likeness (QED) is 0.790. The first-order chi connectivity index (χ1) is 8.20. The van der Waals surface area contributed by atoms with Crippen molar-refractivity contribution >= 4 is 33.2 Å². The summed E-state index contributed by atoms with van der Waals surface area (Å²) in [5, 5.41) is 1.86. The molecule has 1 fully saturated rings. The predicted molar refractivity (Wildman–Crippen MR) is 78.5 cm³/mol. The van der Waals surface area contributed by atoms with Gasteiger partial charge < -0.3 is 4.90 Å². The van der Waals surface area contributed by atoms with Crippen molar-refractivity contribution < 1.29 is 0 Å². The van der Waals surface area contributed by atoms with Crippen molar-refractivity contribution in [3.63, 3.8) is 0 Å². The number of nitrogens with zero attached hydrogens (tertiary/aromatic N) is 2. The molecule has 1 unspecified atom stereocenters. The van der Waals surface area contributed by atoms with Crippen LogP contribution in [0.15, 0.2) is 24.3 Å². The molecule has 1 atom stereocenters. The molecule has 0 spiro atoms. The number of halogens is 2. The molecule has 2 rings (SSSR count). The van der Waals surface area contributed by atoms with Gasteiger partial charge in [0.15, 0.2) is 0 Å². The average Bonchev–Trinajstić information content (AvgIpc) is 2.38. The smallest absolute Gasteiger partial charge is 0.0426 e. The first-order valence-corrected chi connectivity index (χ1v) is 7.51. The van der Waals surface area contributed by atoms with E-state index in [0.29, 0.717) is 6.04 Å². The summed E-state index contributed by atoms with van der Waals surface area (Å²) in [5.74, 6) is 0. The second-order valence-electron chi connectivity index (χ2n) is 4.51. The Morgan fingerprint density at radius 3 is 2.59 bits per heavy atom. The van der Waals surface area contributed by atoms with Gasteiger partial charge in [0.2, 0.25) is 0 Å². The molecular weight excluding hydrogens is 300 g/mol.